The quantitative estimate of drug-likeness (QED) is 0.0625. The van der Waals surface area contributed by atoms with Crippen LogP contribution in [0.2, 0.25) is 0 Å². The van der Waals surface area contributed by atoms with Crippen molar-refractivity contribution in [1.82, 2.24) is 0 Å². The third-order valence-electron chi connectivity index (χ3n) is 8.20. The zero-order valence-corrected chi connectivity index (χ0v) is 34.9. The van der Waals surface area contributed by atoms with Crippen molar-refractivity contribution in [3.05, 3.63) is 182 Å². The molecule has 270 valence electrons. The normalized spacial score (nSPS) is 10.3. The zero-order valence-electron chi connectivity index (χ0n) is 29.1. The molecule has 12 nitrogen and oxygen atoms in total. The third-order valence-corrected chi connectivity index (χ3v) is 17.3. The summed E-state index contributed by atoms with van der Waals surface area (Å²) in [6.07, 6.45) is 0. The summed E-state index contributed by atoms with van der Waals surface area (Å²) in [7, 11) is 0. The Morgan fingerprint density at radius 3 is 0.691 bits per heavy atom. The van der Waals surface area contributed by atoms with Crippen LogP contribution >= 0.6 is 36.7 Å². The van der Waals surface area contributed by atoms with Crippen LogP contribution in [0.5, 0.6) is 0 Å². The molecule has 0 spiro atoms. The molecule has 0 unspecified atom stereocenters. The van der Waals surface area contributed by atoms with Gasteiger partial charge in [0.25, 0.3) is 0 Å². The minimum atomic E-state index is -4.78. The van der Waals surface area contributed by atoms with Crippen LogP contribution in [-0.2, 0) is 0 Å². The van der Waals surface area contributed by atoms with Crippen LogP contribution < -0.4 is 24.0 Å². The SMILES string of the molecule is N=NC(=S)N(c1ccccc1)[N](c1ccccc1)[In]([N](c1ccccc1)N(C(=S)N=N)c1ccccc1)[N](c1ccccc1)N(C(=S)N=N)c1ccccc1. The van der Waals surface area contributed by atoms with E-state index in [1.165, 1.54) is 0 Å². The van der Waals surface area contributed by atoms with Crippen LogP contribution in [0.15, 0.2) is 197 Å². The second-order valence-electron chi connectivity index (χ2n) is 11.5. The van der Waals surface area contributed by atoms with E-state index >= 15 is 0 Å². The molecule has 55 heavy (non-hydrogen) atoms. The van der Waals surface area contributed by atoms with Crippen molar-refractivity contribution >= 4 is 108 Å². The molecular weight excluding hydrogens is 848 g/mol. The number of anilines is 6. The number of nitrogens with zero attached hydrogens (tertiary/aromatic N) is 9. The first-order chi connectivity index (χ1) is 27.0. The zero-order chi connectivity index (χ0) is 38.6. The van der Waals surface area contributed by atoms with Crippen LogP contribution in [0, 0.1) is 16.6 Å². The van der Waals surface area contributed by atoms with Gasteiger partial charge in [0.1, 0.15) is 0 Å². The van der Waals surface area contributed by atoms with Crippen molar-refractivity contribution in [2.75, 3.05) is 24.0 Å². The number of hydrogen-bond donors (Lipinski definition) is 3. The topological polar surface area (TPSA) is 128 Å². The Kier molecular flexibility index (Phi) is 13.3. The number of hydrazine groups is 3. The summed E-state index contributed by atoms with van der Waals surface area (Å²) in [5, 5.41) is 16.7. The summed E-state index contributed by atoms with van der Waals surface area (Å²) in [5.41, 5.74) is 29.0. The number of rotatable bonds is 12. The van der Waals surface area contributed by atoms with Gasteiger partial charge in [0.05, 0.1) is 0 Å². The average Bonchev–Trinajstić information content (AvgIpc) is 3.26. The molecule has 0 bridgehead atoms. The number of nitrogens with one attached hydrogen (secondary N) is 3. The Bertz CT molecular complexity index is 1970. The molecule has 0 fully saturated rings. The molecule has 6 aromatic carbocycles. The molecule has 16 heteroatoms. The third kappa shape index (κ3) is 8.73. The first kappa shape index (κ1) is 38.8. The Morgan fingerprint density at radius 1 is 0.327 bits per heavy atom. The van der Waals surface area contributed by atoms with Crippen molar-refractivity contribution in [3.8, 4) is 0 Å². The monoisotopic (exact) mass is 880 g/mol. The minimum absolute atomic E-state index is 0.0455. The van der Waals surface area contributed by atoms with Crippen molar-refractivity contribution in [2.24, 2.45) is 15.3 Å². The van der Waals surface area contributed by atoms with Gasteiger partial charge in [-0.15, -0.1) is 0 Å². The number of benzene rings is 6. The van der Waals surface area contributed by atoms with Gasteiger partial charge >= 0.3 is 346 Å². The summed E-state index contributed by atoms with van der Waals surface area (Å²) in [6, 6.07) is 57.5. The van der Waals surface area contributed by atoms with Gasteiger partial charge in [-0.1, -0.05) is 0 Å². The molecule has 0 heterocycles. The van der Waals surface area contributed by atoms with E-state index in [1.807, 2.05) is 182 Å². The molecule has 0 radical (unpaired) electrons. The van der Waals surface area contributed by atoms with E-state index in [9.17, 15) is 0 Å². The fraction of sp³-hybridized carbons (Fsp3) is 0. The molecule has 3 N–H and O–H groups in total. The van der Waals surface area contributed by atoms with Gasteiger partial charge in [0, 0.05) is 0 Å². The molecule has 0 saturated heterocycles. The predicted molar refractivity (Wildman–Crippen MR) is 233 cm³/mol. The van der Waals surface area contributed by atoms with E-state index in [1.54, 1.807) is 15.0 Å². The molecule has 0 aromatic heterocycles. The average molecular weight is 881 g/mol. The molecule has 0 amide bonds. The van der Waals surface area contributed by atoms with E-state index in [0.717, 1.165) is 0 Å². The molecule has 0 saturated carbocycles. The van der Waals surface area contributed by atoms with Crippen molar-refractivity contribution in [1.29, 1.82) is 16.6 Å². The second-order valence-corrected chi connectivity index (χ2v) is 18.8. The van der Waals surface area contributed by atoms with Crippen LogP contribution in [-0.4, -0.2) is 37.6 Å². The summed E-state index contributed by atoms with van der Waals surface area (Å²) < 4.78 is 6.22. The van der Waals surface area contributed by atoms with Gasteiger partial charge in [-0.25, -0.2) is 0 Å². The van der Waals surface area contributed by atoms with E-state index in [2.05, 4.69) is 24.3 Å². The molecular formula is C39H33InN12S3. The van der Waals surface area contributed by atoms with Crippen molar-refractivity contribution in [2.45, 2.75) is 0 Å². The summed E-state index contributed by atoms with van der Waals surface area (Å²) in [4.78, 5) is 0. The summed E-state index contributed by atoms with van der Waals surface area (Å²) >= 11 is 13.2. The van der Waals surface area contributed by atoms with Crippen molar-refractivity contribution < 1.29 is 0 Å². The van der Waals surface area contributed by atoms with Gasteiger partial charge < -0.3 is 0 Å². The number of thiocarbonyl (C=S) groups is 3. The molecule has 0 atom stereocenters. The molecule has 0 aliphatic heterocycles. The fourth-order valence-corrected chi connectivity index (χ4v) is 16.6. The standard InChI is InChI=1S/3C13H11N4S.In/c3*14-15-13(18)17(12-9-5-2-6-10-12)16-11-7-3-1-4-8-11;/h3*1-10,14H;/q3*-1;+3. The fourth-order valence-electron chi connectivity index (χ4n) is 5.94. The van der Waals surface area contributed by atoms with Gasteiger partial charge in [-0.05, 0) is 0 Å². The van der Waals surface area contributed by atoms with Gasteiger partial charge in [-0.3, -0.25) is 0 Å². The predicted octanol–water partition coefficient (Wildman–Crippen LogP) is 10.7. The molecule has 0 aliphatic rings. The maximum absolute atomic E-state index is 8.33. The van der Waals surface area contributed by atoms with Crippen LogP contribution in [0.4, 0.5) is 34.1 Å². The van der Waals surface area contributed by atoms with Gasteiger partial charge in [-0.2, -0.15) is 0 Å². The Hall–Kier alpha value is -5.94. The van der Waals surface area contributed by atoms with Crippen LogP contribution in [0.25, 0.3) is 0 Å². The van der Waals surface area contributed by atoms with Crippen LogP contribution in [0.1, 0.15) is 0 Å². The second kappa shape index (κ2) is 18.9. The van der Waals surface area contributed by atoms with E-state index in [-0.39, 0.29) is 15.3 Å². The Balaban J connectivity index is 1.84. The maximum atomic E-state index is 8.33. The first-order valence-corrected chi connectivity index (χ1v) is 22.5. The van der Waals surface area contributed by atoms with E-state index < -0.39 is 22.3 Å². The van der Waals surface area contributed by atoms with Crippen molar-refractivity contribution in [3.63, 3.8) is 0 Å². The Morgan fingerprint density at radius 2 is 0.509 bits per heavy atom. The summed E-state index contributed by atoms with van der Waals surface area (Å²) in [5.74, 6) is 0. The number of hydrogen-bond acceptors (Lipinski definition) is 9. The number of para-hydroxylation sites is 6. The molecule has 6 rings (SSSR count). The van der Waals surface area contributed by atoms with Gasteiger partial charge in [0.2, 0.25) is 0 Å². The first-order valence-electron chi connectivity index (χ1n) is 16.8. The Labute approximate surface area is 344 Å². The van der Waals surface area contributed by atoms with Crippen LogP contribution in [0.3, 0.4) is 0 Å². The summed E-state index contributed by atoms with van der Waals surface area (Å²) in [6.45, 7) is 0. The van der Waals surface area contributed by atoms with E-state index in [4.69, 9.17) is 53.2 Å². The van der Waals surface area contributed by atoms with E-state index in [0.29, 0.717) is 34.1 Å². The van der Waals surface area contributed by atoms with Gasteiger partial charge in [0.15, 0.2) is 0 Å². The molecule has 0 aliphatic carbocycles. The molecule has 6 aromatic rings.